The molecule has 0 aliphatic heterocycles. The van der Waals surface area contributed by atoms with Gasteiger partial charge in [0.1, 0.15) is 0 Å². The Labute approximate surface area is 189 Å². The first kappa shape index (κ1) is 18.4. The molecule has 0 amide bonds. The molecule has 0 unspecified atom stereocenters. The van der Waals surface area contributed by atoms with Crippen molar-refractivity contribution >= 4 is 70.9 Å². The maximum atomic E-state index is 6.74. The molecular formula is C28H18ClNS. The fraction of sp³-hybridized carbons (Fsp3) is 0. The van der Waals surface area contributed by atoms with Crippen molar-refractivity contribution in [3.05, 3.63) is 114 Å². The molecule has 0 N–H and O–H groups in total. The zero-order valence-corrected chi connectivity index (χ0v) is 18.2. The maximum Gasteiger partial charge on any atom is 0.0646 e. The minimum Gasteiger partial charge on any atom is -0.309 e. The fourth-order valence-corrected chi connectivity index (χ4v) is 5.93. The van der Waals surface area contributed by atoms with Gasteiger partial charge in [0.2, 0.25) is 0 Å². The van der Waals surface area contributed by atoms with Crippen molar-refractivity contribution in [1.29, 1.82) is 0 Å². The van der Waals surface area contributed by atoms with Gasteiger partial charge in [-0.25, -0.2) is 0 Å². The monoisotopic (exact) mass is 435 g/mol. The van der Waals surface area contributed by atoms with Crippen LogP contribution in [-0.4, -0.2) is 0 Å². The second-order valence-corrected chi connectivity index (χ2v) is 9.00. The summed E-state index contributed by atoms with van der Waals surface area (Å²) in [6.07, 6.45) is 0. The highest BCUT2D eigenvalue weighted by Crippen LogP contribution is 2.49. The van der Waals surface area contributed by atoms with Gasteiger partial charge in [-0.2, -0.15) is 0 Å². The third kappa shape index (κ3) is 2.99. The van der Waals surface area contributed by atoms with Gasteiger partial charge in [0, 0.05) is 31.9 Å². The highest BCUT2D eigenvalue weighted by molar-refractivity contribution is 7.26. The molecule has 0 saturated carbocycles. The first-order valence-corrected chi connectivity index (χ1v) is 11.4. The van der Waals surface area contributed by atoms with Gasteiger partial charge in [0.25, 0.3) is 0 Å². The minimum absolute atomic E-state index is 0.803. The van der Waals surface area contributed by atoms with Crippen LogP contribution in [0.3, 0.4) is 0 Å². The van der Waals surface area contributed by atoms with Crippen molar-refractivity contribution in [1.82, 2.24) is 0 Å². The van der Waals surface area contributed by atoms with E-state index in [0.29, 0.717) is 0 Å². The molecule has 148 valence electrons. The standard InChI is InChI=1S/C28H18ClNS/c29-23-16-9-17-25-27(23)26-22-15-8-7-10-19(22)18-24(28(26)31-25)30(20-11-3-1-4-12-20)21-13-5-2-6-14-21/h1-18H. The number of thiophene rings is 1. The molecular weight excluding hydrogens is 418 g/mol. The summed E-state index contributed by atoms with van der Waals surface area (Å²) in [5.41, 5.74) is 3.44. The number of hydrogen-bond donors (Lipinski definition) is 0. The van der Waals surface area contributed by atoms with Crippen molar-refractivity contribution in [2.75, 3.05) is 4.90 Å². The van der Waals surface area contributed by atoms with Crippen LogP contribution in [0.4, 0.5) is 17.1 Å². The second-order valence-electron chi connectivity index (χ2n) is 7.54. The number of benzene rings is 5. The number of rotatable bonds is 3. The number of anilines is 3. The molecule has 31 heavy (non-hydrogen) atoms. The molecule has 5 aromatic carbocycles. The van der Waals surface area contributed by atoms with E-state index in [-0.39, 0.29) is 0 Å². The molecule has 0 saturated heterocycles. The minimum atomic E-state index is 0.803. The normalized spacial score (nSPS) is 11.4. The Balaban J connectivity index is 1.79. The number of nitrogens with zero attached hydrogens (tertiary/aromatic N) is 1. The van der Waals surface area contributed by atoms with Gasteiger partial charge in [-0.05, 0) is 53.2 Å². The Kier molecular flexibility index (Phi) is 4.41. The van der Waals surface area contributed by atoms with E-state index in [0.717, 1.165) is 21.8 Å². The molecule has 0 bridgehead atoms. The Bertz CT molecular complexity index is 1500. The topological polar surface area (TPSA) is 3.24 Å². The SMILES string of the molecule is Clc1cccc2sc3c(N(c4ccccc4)c4ccccc4)cc4ccccc4c3c12. The Morgan fingerprint density at radius 2 is 1.26 bits per heavy atom. The van der Waals surface area contributed by atoms with E-state index < -0.39 is 0 Å². The van der Waals surface area contributed by atoms with Crippen molar-refractivity contribution in [3.8, 4) is 0 Å². The van der Waals surface area contributed by atoms with Gasteiger partial charge in [-0.3, -0.25) is 0 Å². The van der Waals surface area contributed by atoms with Crippen LogP contribution in [0.5, 0.6) is 0 Å². The summed E-state index contributed by atoms with van der Waals surface area (Å²) in [5.74, 6) is 0. The van der Waals surface area contributed by atoms with Crippen LogP contribution < -0.4 is 4.90 Å². The van der Waals surface area contributed by atoms with Crippen molar-refractivity contribution in [3.63, 3.8) is 0 Å². The lowest BCUT2D eigenvalue weighted by molar-refractivity contribution is 1.30. The van der Waals surface area contributed by atoms with E-state index in [2.05, 4.69) is 102 Å². The van der Waals surface area contributed by atoms with E-state index in [1.807, 2.05) is 23.5 Å². The lowest BCUT2D eigenvalue weighted by atomic mass is 10.0. The summed E-state index contributed by atoms with van der Waals surface area (Å²) in [5, 5.41) is 5.62. The third-order valence-electron chi connectivity index (χ3n) is 5.69. The number of para-hydroxylation sites is 2. The molecule has 0 spiro atoms. The van der Waals surface area contributed by atoms with E-state index in [1.54, 1.807) is 0 Å². The van der Waals surface area contributed by atoms with E-state index in [4.69, 9.17) is 11.6 Å². The van der Waals surface area contributed by atoms with Gasteiger partial charge in [-0.1, -0.05) is 78.3 Å². The van der Waals surface area contributed by atoms with Crippen molar-refractivity contribution in [2.45, 2.75) is 0 Å². The predicted octanol–water partition coefficient (Wildman–Crippen LogP) is 9.33. The maximum absolute atomic E-state index is 6.74. The molecule has 1 aromatic heterocycles. The highest BCUT2D eigenvalue weighted by Gasteiger charge is 2.20. The Morgan fingerprint density at radius 3 is 1.97 bits per heavy atom. The van der Waals surface area contributed by atoms with Crippen molar-refractivity contribution < 1.29 is 0 Å². The third-order valence-corrected chi connectivity index (χ3v) is 7.18. The van der Waals surface area contributed by atoms with Gasteiger partial charge in [-0.15, -0.1) is 11.3 Å². The zero-order valence-electron chi connectivity index (χ0n) is 16.6. The molecule has 0 radical (unpaired) electrons. The number of fused-ring (bicyclic) bond motifs is 5. The quantitative estimate of drug-likeness (QED) is 0.267. The van der Waals surface area contributed by atoms with Crippen LogP contribution in [0.2, 0.25) is 5.02 Å². The van der Waals surface area contributed by atoms with Crippen LogP contribution in [-0.2, 0) is 0 Å². The Hall–Kier alpha value is -3.33. The largest absolute Gasteiger partial charge is 0.309 e. The highest BCUT2D eigenvalue weighted by atomic mass is 35.5. The first-order chi connectivity index (χ1) is 15.3. The first-order valence-electron chi connectivity index (χ1n) is 10.2. The predicted molar refractivity (Wildman–Crippen MR) is 137 cm³/mol. The molecule has 0 aliphatic carbocycles. The van der Waals surface area contributed by atoms with Gasteiger partial charge < -0.3 is 4.90 Å². The molecule has 1 heterocycles. The fourth-order valence-electron chi connectivity index (χ4n) is 4.35. The van der Waals surface area contributed by atoms with Gasteiger partial charge in [0.05, 0.1) is 10.4 Å². The molecule has 6 aromatic rings. The lowest BCUT2D eigenvalue weighted by Gasteiger charge is -2.26. The second kappa shape index (κ2) is 7.42. The lowest BCUT2D eigenvalue weighted by Crippen LogP contribution is -2.09. The van der Waals surface area contributed by atoms with Crippen LogP contribution >= 0.6 is 22.9 Å². The Morgan fingerprint density at radius 1 is 0.613 bits per heavy atom. The van der Waals surface area contributed by atoms with Crippen molar-refractivity contribution in [2.24, 2.45) is 0 Å². The number of halogens is 1. The summed E-state index contributed by atoms with van der Waals surface area (Å²) in [7, 11) is 0. The molecule has 0 aliphatic rings. The number of hydrogen-bond acceptors (Lipinski definition) is 2. The molecule has 3 heteroatoms. The summed E-state index contributed by atoms with van der Waals surface area (Å²) >= 11 is 8.55. The van der Waals surface area contributed by atoms with E-state index in [9.17, 15) is 0 Å². The van der Waals surface area contributed by atoms with Crippen LogP contribution in [0.15, 0.2) is 109 Å². The summed E-state index contributed by atoms with van der Waals surface area (Å²) in [6, 6.07) is 38.2. The van der Waals surface area contributed by atoms with Gasteiger partial charge >= 0.3 is 0 Å². The van der Waals surface area contributed by atoms with Gasteiger partial charge in [0.15, 0.2) is 0 Å². The molecule has 0 fully saturated rings. The summed E-state index contributed by atoms with van der Waals surface area (Å²) < 4.78 is 2.45. The van der Waals surface area contributed by atoms with E-state index in [1.165, 1.54) is 31.2 Å². The van der Waals surface area contributed by atoms with Crippen LogP contribution in [0, 0.1) is 0 Å². The summed E-state index contributed by atoms with van der Waals surface area (Å²) in [4.78, 5) is 2.35. The molecule has 1 nitrogen and oxygen atoms in total. The zero-order chi connectivity index (χ0) is 20.8. The molecule has 0 atom stereocenters. The van der Waals surface area contributed by atoms with Crippen LogP contribution in [0.25, 0.3) is 30.9 Å². The average Bonchev–Trinajstić information content (AvgIpc) is 3.22. The van der Waals surface area contributed by atoms with E-state index >= 15 is 0 Å². The molecule has 6 rings (SSSR count). The smallest absolute Gasteiger partial charge is 0.0646 e. The average molecular weight is 436 g/mol. The summed E-state index contributed by atoms with van der Waals surface area (Å²) in [6.45, 7) is 0. The van der Waals surface area contributed by atoms with Crippen LogP contribution in [0.1, 0.15) is 0 Å².